The number of piperidine rings is 2. The number of fused-ring (bicyclic) bond motifs is 1. The molecular formula is C33H41ClF3N7O4. The van der Waals surface area contributed by atoms with E-state index >= 15 is 0 Å². The van der Waals surface area contributed by atoms with Crippen LogP contribution in [0.3, 0.4) is 0 Å². The lowest BCUT2D eigenvalue weighted by atomic mass is 9.99. The fourth-order valence-electron chi connectivity index (χ4n) is 7.20. The number of carbonyl (C=O) groups excluding carboxylic acids is 2. The molecule has 11 nitrogen and oxygen atoms in total. The van der Waals surface area contributed by atoms with Gasteiger partial charge in [0, 0.05) is 70.9 Å². The van der Waals surface area contributed by atoms with E-state index < -0.39 is 35.5 Å². The molecule has 6 rings (SSSR count). The Morgan fingerprint density at radius 1 is 0.958 bits per heavy atom. The van der Waals surface area contributed by atoms with Crippen molar-refractivity contribution >= 4 is 40.3 Å². The molecule has 48 heavy (non-hydrogen) atoms. The van der Waals surface area contributed by atoms with Crippen molar-refractivity contribution in [1.29, 1.82) is 0 Å². The number of imidazole rings is 1. The van der Waals surface area contributed by atoms with E-state index in [-0.39, 0.29) is 41.8 Å². The minimum atomic E-state index is -4.76. The van der Waals surface area contributed by atoms with Crippen LogP contribution in [0.15, 0.2) is 41.2 Å². The first-order valence-corrected chi connectivity index (χ1v) is 16.8. The minimum Gasteiger partial charge on any atom is -0.436 e. The number of piperazine rings is 1. The Morgan fingerprint density at radius 2 is 1.58 bits per heavy atom. The third kappa shape index (κ3) is 7.30. The van der Waals surface area contributed by atoms with Crippen molar-refractivity contribution < 1.29 is 27.5 Å². The number of para-hydroxylation sites is 2. The quantitative estimate of drug-likeness (QED) is 0.372. The predicted molar refractivity (Wildman–Crippen MR) is 176 cm³/mol. The van der Waals surface area contributed by atoms with Crippen LogP contribution in [-0.4, -0.2) is 113 Å². The Hall–Kier alpha value is -3.75. The molecule has 0 saturated carbocycles. The van der Waals surface area contributed by atoms with Crippen molar-refractivity contribution in [1.82, 2.24) is 29.2 Å². The molecule has 0 spiro atoms. The van der Waals surface area contributed by atoms with Gasteiger partial charge in [0.25, 0.3) is 5.91 Å². The molecule has 2 amide bonds. The van der Waals surface area contributed by atoms with Gasteiger partial charge in [0.1, 0.15) is 0 Å². The third-order valence-electron chi connectivity index (χ3n) is 9.98. The van der Waals surface area contributed by atoms with E-state index in [9.17, 15) is 27.6 Å². The third-order valence-corrected chi connectivity index (χ3v) is 10.3. The standard InChI is InChI=1S/C33H41ClF3N7O4/c1-40-14-16-41(17-15-40)22-6-10-42(11-7-22)30(45)28(20-21-18-24(33(35,36)37)29(38)25(34)19-21)48-32(47)43-12-8-23(9-13-43)44-27-5-3-2-4-26(27)39-31(44)46/h2-5,18-19,22-23,28H,6-17,20,38H2,1H3,(H,39,46)/t28-/m1/s1. The molecule has 260 valence electrons. The summed E-state index contributed by atoms with van der Waals surface area (Å²) >= 11 is 6.10. The second-order valence-corrected chi connectivity index (χ2v) is 13.5. The summed E-state index contributed by atoms with van der Waals surface area (Å²) in [6.45, 7) is 5.34. The molecule has 3 N–H and O–H groups in total. The molecule has 3 aromatic rings. The highest BCUT2D eigenvalue weighted by molar-refractivity contribution is 6.33. The highest BCUT2D eigenvalue weighted by Gasteiger charge is 2.38. The maximum atomic E-state index is 13.9. The van der Waals surface area contributed by atoms with Crippen LogP contribution in [0.2, 0.25) is 5.02 Å². The number of alkyl halides is 3. The number of aromatic nitrogens is 2. The number of likely N-dealkylation sites (N-methyl/N-ethyl adjacent to an activating group) is 1. The lowest BCUT2D eigenvalue weighted by Gasteiger charge is -2.42. The average Bonchev–Trinajstić information content (AvgIpc) is 3.41. The number of nitrogen functional groups attached to an aromatic ring is 1. The first-order valence-electron chi connectivity index (χ1n) is 16.4. The molecule has 3 saturated heterocycles. The molecule has 0 aliphatic carbocycles. The Morgan fingerprint density at radius 3 is 2.25 bits per heavy atom. The number of ether oxygens (including phenoxy) is 1. The number of halogens is 4. The number of hydrogen-bond acceptors (Lipinski definition) is 7. The number of hydrogen-bond donors (Lipinski definition) is 2. The van der Waals surface area contributed by atoms with Crippen LogP contribution in [0.1, 0.15) is 42.9 Å². The van der Waals surface area contributed by atoms with Gasteiger partial charge >= 0.3 is 18.0 Å². The zero-order valence-corrected chi connectivity index (χ0v) is 27.6. The van der Waals surface area contributed by atoms with Crippen LogP contribution in [0.4, 0.5) is 23.7 Å². The minimum absolute atomic E-state index is 0.0809. The number of rotatable bonds is 6. The lowest BCUT2D eigenvalue weighted by Crippen LogP contribution is -2.54. The lowest BCUT2D eigenvalue weighted by molar-refractivity contribution is -0.142. The zero-order valence-electron chi connectivity index (χ0n) is 26.8. The normalized spacial score (nSPS) is 19.9. The maximum absolute atomic E-state index is 13.9. The number of amides is 2. The van der Waals surface area contributed by atoms with E-state index in [1.807, 2.05) is 24.3 Å². The topological polar surface area (TPSA) is 120 Å². The monoisotopic (exact) mass is 691 g/mol. The predicted octanol–water partition coefficient (Wildman–Crippen LogP) is 4.21. The van der Waals surface area contributed by atoms with Crippen LogP contribution in [0.25, 0.3) is 11.0 Å². The number of anilines is 1. The van der Waals surface area contributed by atoms with Crippen molar-refractivity contribution in [3.8, 4) is 0 Å². The highest BCUT2D eigenvalue weighted by atomic mass is 35.5. The molecule has 2 aromatic carbocycles. The van der Waals surface area contributed by atoms with Gasteiger partial charge in [0.05, 0.1) is 27.3 Å². The van der Waals surface area contributed by atoms with Crippen LogP contribution < -0.4 is 11.4 Å². The second kappa shape index (κ2) is 14.0. The van der Waals surface area contributed by atoms with Crippen LogP contribution in [0, 0.1) is 0 Å². The number of H-pyrrole nitrogens is 1. The molecular weight excluding hydrogens is 651 g/mol. The Kier molecular flexibility index (Phi) is 9.96. The van der Waals surface area contributed by atoms with E-state index in [2.05, 4.69) is 21.8 Å². The smallest absolute Gasteiger partial charge is 0.418 e. The fraction of sp³-hybridized carbons (Fsp3) is 0.545. The maximum Gasteiger partial charge on any atom is 0.418 e. The van der Waals surface area contributed by atoms with Gasteiger partial charge in [-0.25, -0.2) is 9.59 Å². The van der Waals surface area contributed by atoms with Gasteiger partial charge in [0.2, 0.25) is 0 Å². The summed E-state index contributed by atoms with van der Waals surface area (Å²) in [5, 5.41) is -0.292. The van der Waals surface area contributed by atoms with E-state index in [0.29, 0.717) is 32.0 Å². The summed E-state index contributed by atoms with van der Waals surface area (Å²) < 4.78 is 48.8. The fourth-order valence-corrected chi connectivity index (χ4v) is 7.44. The van der Waals surface area contributed by atoms with Gasteiger partial charge in [-0.3, -0.25) is 14.3 Å². The van der Waals surface area contributed by atoms with E-state index in [1.165, 1.54) is 11.0 Å². The average molecular weight is 692 g/mol. The van der Waals surface area contributed by atoms with E-state index in [1.54, 1.807) is 9.47 Å². The summed E-state index contributed by atoms with van der Waals surface area (Å²) in [6.07, 6.45) is -4.69. The first-order chi connectivity index (χ1) is 22.9. The van der Waals surface area contributed by atoms with Gasteiger partial charge in [-0.1, -0.05) is 23.7 Å². The largest absolute Gasteiger partial charge is 0.436 e. The zero-order chi connectivity index (χ0) is 34.2. The van der Waals surface area contributed by atoms with Crippen LogP contribution in [-0.2, 0) is 22.1 Å². The van der Waals surface area contributed by atoms with Crippen molar-refractivity contribution in [2.75, 3.05) is 65.1 Å². The first kappa shape index (κ1) is 34.1. The van der Waals surface area contributed by atoms with Gasteiger partial charge in [0.15, 0.2) is 6.10 Å². The molecule has 15 heteroatoms. The van der Waals surface area contributed by atoms with Gasteiger partial charge in [-0.15, -0.1) is 0 Å². The number of benzene rings is 2. The molecule has 3 aliphatic rings. The van der Waals surface area contributed by atoms with E-state index in [4.69, 9.17) is 22.1 Å². The molecule has 1 atom stereocenters. The highest BCUT2D eigenvalue weighted by Crippen LogP contribution is 2.38. The summed E-state index contributed by atoms with van der Waals surface area (Å²) in [5.74, 6) is -0.457. The number of likely N-dealkylation sites (tertiary alicyclic amines) is 2. The Balaban J connectivity index is 1.16. The summed E-state index contributed by atoms with van der Waals surface area (Å²) in [6, 6.07) is 9.73. The Labute approximate surface area is 281 Å². The van der Waals surface area contributed by atoms with Crippen molar-refractivity contribution in [3.05, 3.63) is 63.0 Å². The SMILES string of the molecule is CN1CCN(C2CCN(C(=O)[C@@H](Cc3cc(Cl)c(N)c(C(F)(F)F)c3)OC(=O)N3CCC(n4c(=O)[nH]c5ccccc54)CC3)CC2)CC1. The molecule has 4 heterocycles. The molecule has 3 fully saturated rings. The number of nitrogens with two attached hydrogens (primary N) is 1. The number of aromatic amines is 1. The van der Waals surface area contributed by atoms with E-state index in [0.717, 1.165) is 56.1 Å². The van der Waals surface area contributed by atoms with Crippen molar-refractivity contribution in [3.63, 3.8) is 0 Å². The number of nitrogens with zero attached hydrogens (tertiary/aromatic N) is 5. The molecule has 3 aliphatic heterocycles. The summed E-state index contributed by atoms with van der Waals surface area (Å²) in [4.78, 5) is 50.9. The van der Waals surface area contributed by atoms with Crippen LogP contribution in [0.5, 0.6) is 0 Å². The molecule has 0 radical (unpaired) electrons. The molecule has 0 bridgehead atoms. The number of carbonyl (C=O) groups is 2. The second-order valence-electron chi connectivity index (χ2n) is 13.0. The van der Waals surface area contributed by atoms with Crippen molar-refractivity contribution in [2.24, 2.45) is 0 Å². The number of nitrogens with one attached hydrogen (secondary N) is 1. The summed E-state index contributed by atoms with van der Waals surface area (Å²) in [7, 11) is 2.10. The van der Waals surface area contributed by atoms with Gasteiger partial charge < -0.3 is 30.2 Å². The Bertz CT molecular complexity index is 1690. The van der Waals surface area contributed by atoms with Crippen LogP contribution >= 0.6 is 11.6 Å². The van der Waals surface area contributed by atoms with Crippen molar-refractivity contribution in [2.45, 2.75) is 56.5 Å². The molecule has 0 unspecified atom stereocenters. The summed E-state index contributed by atoms with van der Waals surface area (Å²) in [5.41, 5.74) is 5.31. The van der Waals surface area contributed by atoms with Gasteiger partial charge in [-0.05, 0) is 62.6 Å². The molecule has 1 aromatic heterocycles. The van der Waals surface area contributed by atoms with Gasteiger partial charge in [-0.2, -0.15) is 13.2 Å².